The number of ether oxygens (including phenoxy) is 1. The van der Waals surface area contributed by atoms with Gasteiger partial charge in [0.1, 0.15) is 5.75 Å². The molecule has 1 saturated heterocycles. The molecule has 0 radical (unpaired) electrons. The highest BCUT2D eigenvalue weighted by Crippen LogP contribution is 2.28. The molecular weight excluding hydrogens is 248 g/mol. The molecule has 0 spiro atoms. The summed E-state index contributed by atoms with van der Waals surface area (Å²) < 4.78 is 5.53. The summed E-state index contributed by atoms with van der Waals surface area (Å²) in [5.41, 5.74) is 1.45. The van der Waals surface area contributed by atoms with Crippen molar-refractivity contribution in [3.8, 4) is 5.75 Å². The van der Waals surface area contributed by atoms with Gasteiger partial charge in [-0.25, -0.2) is 0 Å². The number of piperazine rings is 1. The molecular formula is C17H28N2O. The molecule has 1 heterocycles. The summed E-state index contributed by atoms with van der Waals surface area (Å²) in [4.78, 5) is 2.54. The first-order valence-electron chi connectivity index (χ1n) is 7.67. The van der Waals surface area contributed by atoms with Crippen LogP contribution in [0.25, 0.3) is 0 Å². The second-order valence-electron chi connectivity index (χ2n) is 6.63. The first-order chi connectivity index (χ1) is 9.43. The van der Waals surface area contributed by atoms with E-state index in [-0.39, 0.29) is 5.54 Å². The lowest BCUT2D eigenvalue weighted by Crippen LogP contribution is -2.63. The Morgan fingerprint density at radius 3 is 2.50 bits per heavy atom. The van der Waals surface area contributed by atoms with Gasteiger partial charge in [-0.2, -0.15) is 0 Å². The Kier molecular flexibility index (Phi) is 4.59. The topological polar surface area (TPSA) is 24.5 Å². The van der Waals surface area contributed by atoms with E-state index in [1.54, 1.807) is 0 Å². The number of rotatable bonds is 4. The number of anilines is 1. The maximum atomic E-state index is 5.53. The minimum atomic E-state index is 0.157. The van der Waals surface area contributed by atoms with Gasteiger partial charge in [0, 0.05) is 30.4 Å². The van der Waals surface area contributed by atoms with Crippen LogP contribution in [0.15, 0.2) is 24.3 Å². The van der Waals surface area contributed by atoms with Crippen LogP contribution in [0.5, 0.6) is 5.75 Å². The third-order valence-corrected chi connectivity index (χ3v) is 4.00. The zero-order valence-electron chi connectivity index (χ0n) is 13.4. The first kappa shape index (κ1) is 15.2. The van der Waals surface area contributed by atoms with Crippen molar-refractivity contribution in [2.45, 2.75) is 46.2 Å². The molecule has 0 amide bonds. The van der Waals surface area contributed by atoms with E-state index in [1.807, 2.05) is 6.92 Å². The van der Waals surface area contributed by atoms with Crippen LogP contribution in [0.1, 0.15) is 34.6 Å². The molecule has 1 unspecified atom stereocenters. The fraction of sp³-hybridized carbons (Fsp3) is 0.647. The molecule has 1 aliphatic rings. The van der Waals surface area contributed by atoms with E-state index in [0.29, 0.717) is 18.6 Å². The van der Waals surface area contributed by atoms with Gasteiger partial charge < -0.3 is 15.0 Å². The van der Waals surface area contributed by atoms with E-state index < -0.39 is 0 Å². The van der Waals surface area contributed by atoms with E-state index in [4.69, 9.17) is 4.74 Å². The predicted molar refractivity (Wildman–Crippen MR) is 85.7 cm³/mol. The SMILES string of the molecule is CCOc1ccc(N2CC(C)(C)NCC2C(C)C)cc1. The molecule has 1 aromatic rings. The minimum Gasteiger partial charge on any atom is -0.494 e. The van der Waals surface area contributed by atoms with Gasteiger partial charge in [-0.1, -0.05) is 13.8 Å². The lowest BCUT2D eigenvalue weighted by Gasteiger charge is -2.47. The predicted octanol–water partition coefficient (Wildman–Crippen LogP) is 3.30. The van der Waals surface area contributed by atoms with Crippen molar-refractivity contribution < 1.29 is 4.74 Å². The van der Waals surface area contributed by atoms with Crippen molar-refractivity contribution in [2.24, 2.45) is 5.92 Å². The largest absolute Gasteiger partial charge is 0.494 e. The Balaban J connectivity index is 2.21. The van der Waals surface area contributed by atoms with Crippen LogP contribution in [0, 0.1) is 5.92 Å². The van der Waals surface area contributed by atoms with Crippen LogP contribution >= 0.6 is 0 Å². The fourth-order valence-electron chi connectivity index (χ4n) is 2.87. The molecule has 3 heteroatoms. The molecule has 1 atom stereocenters. The van der Waals surface area contributed by atoms with E-state index in [1.165, 1.54) is 5.69 Å². The van der Waals surface area contributed by atoms with E-state index in [2.05, 4.69) is 62.2 Å². The van der Waals surface area contributed by atoms with Crippen LogP contribution in [0.2, 0.25) is 0 Å². The highest BCUT2D eigenvalue weighted by Gasteiger charge is 2.33. The molecule has 0 aromatic heterocycles. The van der Waals surface area contributed by atoms with Gasteiger partial charge >= 0.3 is 0 Å². The summed E-state index contributed by atoms with van der Waals surface area (Å²) >= 11 is 0. The first-order valence-corrected chi connectivity index (χ1v) is 7.67. The van der Waals surface area contributed by atoms with E-state index in [9.17, 15) is 0 Å². The van der Waals surface area contributed by atoms with E-state index >= 15 is 0 Å². The summed E-state index contributed by atoms with van der Waals surface area (Å²) in [5.74, 6) is 1.58. The van der Waals surface area contributed by atoms with Crippen LogP contribution in [0.4, 0.5) is 5.69 Å². The maximum Gasteiger partial charge on any atom is 0.119 e. The Bertz CT molecular complexity index is 425. The number of hydrogen-bond donors (Lipinski definition) is 1. The van der Waals surface area contributed by atoms with Gasteiger partial charge in [0.2, 0.25) is 0 Å². The van der Waals surface area contributed by atoms with E-state index in [0.717, 1.165) is 18.8 Å². The average molecular weight is 276 g/mol. The molecule has 1 aliphatic heterocycles. The van der Waals surface area contributed by atoms with Crippen LogP contribution in [-0.4, -0.2) is 31.3 Å². The molecule has 112 valence electrons. The summed E-state index contributed by atoms with van der Waals surface area (Å²) in [7, 11) is 0. The van der Waals surface area contributed by atoms with Crippen LogP contribution in [0.3, 0.4) is 0 Å². The van der Waals surface area contributed by atoms with Gasteiger partial charge in [0.25, 0.3) is 0 Å². The summed E-state index contributed by atoms with van der Waals surface area (Å²) in [5, 5.41) is 3.65. The van der Waals surface area contributed by atoms with Crippen molar-refractivity contribution in [3.05, 3.63) is 24.3 Å². The molecule has 1 fully saturated rings. The third kappa shape index (κ3) is 3.45. The van der Waals surface area contributed by atoms with Crippen molar-refractivity contribution in [1.82, 2.24) is 5.32 Å². The molecule has 20 heavy (non-hydrogen) atoms. The van der Waals surface area contributed by atoms with Gasteiger partial charge in [0.05, 0.1) is 6.61 Å². The second kappa shape index (κ2) is 6.04. The Morgan fingerprint density at radius 1 is 1.30 bits per heavy atom. The second-order valence-corrected chi connectivity index (χ2v) is 6.63. The smallest absolute Gasteiger partial charge is 0.119 e. The fourth-order valence-corrected chi connectivity index (χ4v) is 2.87. The zero-order chi connectivity index (χ0) is 14.8. The highest BCUT2D eigenvalue weighted by molar-refractivity contribution is 5.51. The lowest BCUT2D eigenvalue weighted by atomic mass is 9.92. The maximum absolute atomic E-state index is 5.53. The molecule has 2 rings (SSSR count). The normalized spacial score (nSPS) is 22.1. The van der Waals surface area contributed by atoms with Crippen LogP contribution < -0.4 is 15.0 Å². The lowest BCUT2D eigenvalue weighted by molar-refractivity contribution is 0.277. The van der Waals surface area contributed by atoms with Gasteiger partial charge in [-0.05, 0) is 51.0 Å². The zero-order valence-corrected chi connectivity index (χ0v) is 13.4. The van der Waals surface area contributed by atoms with Crippen molar-refractivity contribution in [3.63, 3.8) is 0 Å². The summed E-state index contributed by atoms with van der Waals surface area (Å²) in [6.07, 6.45) is 0. The number of nitrogens with one attached hydrogen (secondary N) is 1. The number of nitrogens with zero attached hydrogens (tertiary/aromatic N) is 1. The summed E-state index contributed by atoms with van der Waals surface area (Å²) in [6, 6.07) is 9.06. The summed E-state index contributed by atoms with van der Waals surface area (Å²) in [6.45, 7) is 13.9. The van der Waals surface area contributed by atoms with Crippen molar-refractivity contribution >= 4 is 5.69 Å². The average Bonchev–Trinajstić information content (AvgIpc) is 2.38. The third-order valence-electron chi connectivity index (χ3n) is 4.00. The van der Waals surface area contributed by atoms with Gasteiger partial charge in [-0.3, -0.25) is 0 Å². The highest BCUT2D eigenvalue weighted by atomic mass is 16.5. The quantitative estimate of drug-likeness (QED) is 0.913. The minimum absolute atomic E-state index is 0.157. The monoisotopic (exact) mass is 276 g/mol. The molecule has 1 aromatic carbocycles. The Morgan fingerprint density at radius 2 is 1.95 bits per heavy atom. The Labute approximate surface area is 123 Å². The van der Waals surface area contributed by atoms with Crippen LogP contribution in [-0.2, 0) is 0 Å². The van der Waals surface area contributed by atoms with Gasteiger partial charge in [0.15, 0.2) is 0 Å². The molecule has 3 nitrogen and oxygen atoms in total. The van der Waals surface area contributed by atoms with Crippen molar-refractivity contribution in [1.29, 1.82) is 0 Å². The standard InChI is InChI=1S/C17H28N2O/c1-6-20-15-9-7-14(8-10-15)19-12-17(4,5)18-11-16(19)13(2)3/h7-10,13,16,18H,6,11-12H2,1-5H3. The van der Waals surface area contributed by atoms with Gasteiger partial charge in [-0.15, -0.1) is 0 Å². The molecule has 0 aliphatic carbocycles. The number of benzene rings is 1. The molecule has 0 bridgehead atoms. The molecule has 0 saturated carbocycles. The number of hydrogen-bond acceptors (Lipinski definition) is 3. The molecule has 1 N–H and O–H groups in total. The Hall–Kier alpha value is -1.22. The van der Waals surface area contributed by atoms with Crippen molar-refractivity contribution in [2.75, 3.05) is 24.6 Å².